The van der Waals surface area contributed by atoms with Crippen LogP contribution in [-0.4, -0.2) is 17.1 Å². The van der Waals surface area contributed by atoms with Gasteiger partial charge in [0.2, 0.25) is 0 Å². The number of benzene rings is 1. The van der Waals surface area contributed by atoms with Crippen molar-refractivity contribution in [3.8, 4) is 11.4 Å². The molecule has 1 aromatic carbocycles. The molecule has 0 aliphatic carbocycles. The fraction of sp³-hybridized carbons (Fsp3) is 0.167. The van der Waals surface area contributed by atoms with E-state index in [4.69, 9.17) is 4.74 Å². The van der Waals surface area contributed by atoms with Crippen molar-refractivity contribution in [1.29, 1.82) is 0 Å². The molecule has 0 amide bonds. The summed E-state index contributed by atoms with van der Waals surface area (Å²) in [6.07, 6.45) is 0. The van der Waals surface area contributed by atoms with Gasteiger partial charge < -0.3 is 9.72 Å². The van der Waals surface area contributed by atoms with Crippen molar-refractivity contribution in [3.05, 3.63) is 49.5 Å². The lowest BCUT2D eigenvalue weighted by atomic mass is 10.2. The van der Waals surface area contributed by atoms with Crippen molar-refractivity contribution >= 4 is 22.6 Å². The highest BCUT2D eigenvalue weighted by molar-refractivity contribution is 14.1. The van der Waals surface area contributed by atoms with Crippen molar-refractivity contribution in [2.75, 3.05) is 7.11 Å². The van der Waals surface area contributed by atoms with Crippen LogP contribution in [0.5, 0.6) is 0 Å². The zero-order valence-electron chi connectivity index (χ0n) is 9.84. The Kier molecular flexibility index (Phi) is 4.25. The van der Waals surface area contributed by atoms with Gasteiger partial charge in [0.1, 0.15) is 9.39 Å². The molecule has 1 N–H and O–H groups in total. The van der Waals surface area contributed by atoms with Crippen LogP contribution < -0.4 is 5.56 Å². The second-order valence-electron chi connectivity index (χ2n) is 3.74. The van der Waals surface area contributed by atoms with Gasteiger partial charge in [-0.05, 0) is 40.8 Å². The number of hydrogen-bond donors (Lipinski definition) is 1. The van der Waals surface area contributed by atoms with Crippen LogP contribution in [0.3, 0.4) is 0 Å². The van der Waals surface area contributed by atoms with Gasteiger partial charge in [-0.1, -0.05) is 0 Å². The molecule has 0 atom stereocenters. The predicted molar refractivity (Wildman–Crippen MR) is 73.6 cm³/mol. The Labute approximate surface area is 121 Å². The van der Waals surface area contributed by atoms with E-state index in [9.17, 15) is 13.6 Å². The number of nitrogens with one attached hydrogen (secondary N) is 1. The minimum Gasteiger partial charge on any atom is -0.378 e. The van der Waals surface area contributed by atoms with Crippen LogP contribution in [-0.2, 0) is 11.3 Å². The fourth-order valence-corrected chi connectivity index (χ4v) is 1.93. The summed E-state index contributed by atoms with van der Waals surface area (Å²) in [7, 11) is 1.48. The van der Waals surface area contributed by atoms with Crippen LogP contribution in [0.1, 0.15) is 5.69 Å². The third-order valence-electron chi connectivity index (χ3n) is 2.41. The summed E-state index contributed by atoms with van der Waals surface area (Å²) in [5.41, 5.74) is 0.402. The lowest BCUT2D eigenvalue weighted by molar-refractivity contribution is 0.180. The van der Waals surface area contributed by atoms with Gasteiger partial charge in [0.15, 0.2) is 11.6 Å². The lowest BCUT2D eigenvalue weighted by Gasteiger charge is -2.06. The molecule has 7 heteroatoms. The van der Waals surface area contributed by atoms with Crippen molar-refractivity contribution in [3.63, 3.8) is 0 Å². The Morgan fingerprint density at radius 2 is 2.11 bits per heavy atom. The van der Waals surface area contributed by atoms with Gasteiger partial charge >= 0.3 is 0 Å². The minimum absolute atomic E-state index is 0.166. The number of methoxy groups -OCH3 is 1. The number of ether oxygens (including phenoxy) is 1. The summed E-state index contributed by atoms with van der Waals surface area (Å²) in [4.78, 5) is 18.4. The van der Waals surface area contributed by atoms with E-state index in [-0.39, 0.29) is 18.0 Å². The molecule has 19 heavy (non-hydrogen) atoms. The van der Waals surface area contributed by atoms with Crippen molar-refractivity contribution in [2.24, 2.45) is 0 Å². The van der Waals surface area contributed by atoms with E-state index in [0.29, 0.717) is 14.8 Å². The maximum absolute atomic E-state index is 13.2. The van der Waals surface area contributed by atoms with Gasteiger partial charge in [0.05, 0.1) is 12.3 Å². The van der Waals surface area contributed by atoms with Crippen LogP contribution >= 0.6 is 22.6 Å². The first kappa shape index (κ1) is 14.1. The van der Waals surface area contributed by atoms with Gasteiger partial charge in [-0.2, -0.15) is 0 Å². The predicted octanol–water partition coefficient (Wildman–Crippen LogP) is 2.47. The average Bonchev–Trinajstić information content (AvgIpc) is 2.38. The molecule has 100 valence electrons. The molecule has 1 heterocycles. The average molecular weight is 378 g/mol. The third kappa shape index (κ3) is 2.98. The van der Waals surface area contributed by atoms with Crippen molar-refractivity contribution in [2.45, 2.75) is 6.61 Å². The molecule has 0 saturated carbocycles. The Balaban J connectivity index is 2.56. The summed E-state index contributed by atoms with van der Waals surface area (Å²) < 4.78 is 31.4. The summed E-state index contributed by atoms with van der Waals surface area (Å²) in [5, 5.41) is 0. The van der Waals surface area contributed by atoms with Gasteiger partial charge in [-0.25, -0.2) is 13.8 Å². The van der Waals surface area contributed by atoms with E-state index in [1.807, 2.05) is 22.6 Å². The zero-order valence-corrected chi connectivity index (χ0v) is 12.0. The van der Waals surface area contributed by atoms with Crippen molar-refractivity contribution < 1.29 is 13.5 Å². The molecule has 2 rings (SSSR count). The third-order valence-corrected chi connectivity index (χ3v) is 3.52. The first-order valence-corrected chi connectivity index (χ1v) is 6.34. The molecule has 0 bridgehead atoms. The standard InChI is InChI=1S/C12H9F2IN2O2/c1-19-5-9-10(15)12(18)17-11(16-9)6-2-3-7(13)8(14)4-6/h2-4H,5H2,1H3,(H,16,17,18). The molecular formula is C12H9F2IN2O2. The number of halogens is 3. The quantitative estimate of drug-likeness (QED) is 0.836. The molecule has 0 radical (unpaired) electrons. The van der Waals surface area contributed by atoms with Gasteiger partial charge in [-0.3, -0.25) is 4.79 Å². The number of H-pyrrole nitrogens is 1. The highest BCUT2D eigenvalue weighted by atomic mass is 127. The lowest BCUT2D eigenvalue weighted by Crippen LogP contribution is -2.16. The largest absolute Gasteiger partial charge is 0.378 e. The molecule has 0 saturated heterocycles. The summed E-state index contributed by atoms with van der Waals surface area (Å²) in [6.45, 7) is 0.166. The first-order chi connectivity index (χ1) is 9.02. The maximum Gasteiger partial charge on any atom is 0.264 e. The number of nitrogens with zero attached hydrogens (tertiary/aromatic N) is 1. The SMILES string of the molecule is COCc1nc(-c2ccc(F)c(F)c2)[nH]c(=O)c1I. The van der Waals surface area contributed by atoms with E-state index in [2.05, 4.69) is 9.97 Å². The van der Waals surface area contributed by atoms with E-state index < -0.39 is 11.6 Å². The Bertz CT molecular complexity index is 673. The molecule has 0 spiro atoms. The smallest absolute Gasteiger partial charge is 0.264 e. The second-order valence-corrected chi connectivity index (χ2v) is 4.82. The van der Waals surface area contributed by atoms with E-state index in [0.717, 1.165) is 12.1 Å². The first-order valence-electron chi connectivity index (χ1n) is 5.26. The topological polar surface area (TPSA) is 55.0 Å². The Morgan fingerprint density at radius 1 is 1.37 bits per heavy atom. The Morgan fingerprint density at radius 3 is 2.74 bits per heavy atom. The molecular weight excluding hydrogens is 369 g/mol. The molecule has 0 fully saturated rings. The number of rotatable bonds is 3. The van der Waals surface area contributed by atoms with Gasteiger partial charge in [0, 0.05) is 12.7 Å². The fourth-order valence-electron chi connectivity index (χ4n) is 1.52. The Hall–Kier alpha value is -1.35. The van der Waals surface area contributed by atoms with Crippen molar-refractivity contribution in [1.82, 2.24) is 9.97 Å². The molecule has 0 aliphatic heterocycles. The summed E-state index contributed by atoms with van der Waals surface area (Å²) in [6, 6.07) is 3.32. The highest BCUT2D eigenvalue weighted by Gasteiger charge is 2.11. The van der Waals surface area contributed by atoms with Crippen LogP contribution in [0.2, 0.25) is 0 Å². The molecule has 0 unspecified atom stereocenters. The van der Waals surface area contributed by atoms with Crippen LogP contribution in [0.15, 0.2) is 23.0 Å². The van der Waals surface area contributed by atoms with E-state index in [1.54, 1.807) is 0 Å². The van der Waals surface area contributed by atoms with Gasteiger partial charge in [-0.15, -0.1) is 0 Å². The minimum atomic E-state index is -0.994. The van der Waals surface area contributed by atoms with Gasteiger partial charge in [0.25, 0.3) is 5.56 Å². The molecule has 4 nitrogen and oxygen atoms in total. The number of hydrogen-bond acceptors (Lipinski definition) is 3. The van der Waals surface area contributed by atoms with E-state index >= 15 is 0 Å². The summed E-state index contributed by atoms with van der Waals surface area (Å²) >= 11 is 1.86. The maximum atomic E-state index is 13.2. The van der Waals surface area contributed by atoms with Crippen LogP contribution in [0, 0.1) is 15.2 Å². The number of aromatic amines is 1. The normalized spacial score (nSPS) is 10.7. The van der Waals surface area contributed by atoms with Crippen LogP contribution in [0.25, 0.3) is 11.4 Å². The van der Waals surface area contributed by atoms with E-state index in [1.165, 1.54) is 13.2 Å². The molecule has 0 aliphatic rings. The summed E-state index contributed by atoms with van der Waals surface area (Å²) in [5.74, 6) is -1.77. The number of aromatic nitrogens is 2. The molecule has 1 aromatic heterocycles. The monoisotopic (exact) mass is 378 g/mol. The molecule has 2 aromatic rings. The van der Waals surface area contributed by atoms with Crippen LogP contribution in [0.4, 0.5) is 8.78 Å². The second kappa shape index (κ2) is 5.74. The highest BCUT2D eigenvalue weighted by Crippen LogP contribution is 2.18. The zero-order chi connectivity index (χ0) is 14.0.